The van der Waals surface area contributed by atoms with Gasteiger partial charge in [-0.1, -0.05) is 4.49 Å². The molecule has 0 bridgehead atoms. The molecule has 0 aliphatic heterocycles. The average molecular weight is 317 g/mol. The van der Waals surface area contributed by atoms with Crippen LogP contribution in [-0.4, -0.2) is 19.4 Å². The van der Waals surface area contributed by atoms with Crippen LogP contribution in [0, 0.1) is 6.92 Å². The lowest BCUT2D eigenvalue weighted by Crippen LogP contribution is -2.30. The van der Waals surface area contributed by atoms with Gasteiger partial charge in [0.2, 0.25) is 0 Å². The van der Waals surface area contributed by atoms with Gasteiger partial charge < -0.3 is 0 Å². The Bertz CT molecular complexity index is 494. The summed E-state index contributed by atoms with van der Waals surface area (Å²) in [6.45, 7) is 1.96. The van der Waals surface area contributed by atoms with Crippen molar-refractivity contribution in [1.29, 1.82) is 0 Å². The van der Waals surface area contributed by atoms with Crippen LogP contribution in [0.25, 0.3) is 0 Å². The van der Waals surface area contributed by atoms with Gasteiger partial charge in [0.1, 0.15) is 0 Å². The van der Waals surface area contributed by atoms with E-state index in [9.17, 15) is 0 Å². The molecular weight excluding hydrogens is 304 g/mol. The maximum atomic E-state index is 5.56. The molecule has 0 spiro atoms. The molecule has 0 saturated carbocycles. The van der Waals surface area contributed by atoms with Gasteiger partial charge in [-0.25, -0.2) is 0 Å². The SMILES string of the molecule is Cc1nn(C)c(CC(NN)c2csnn2)c1Br. The van der Waals surface area contributed by atoms with Crippen LogP contribution in [0.15, 0.2) is 9.85 Å². The Hall–Kier alpha value is -0.830. The Labute approximate surface area is 111 Å². The molecule has 2 rings (SSSR count). The summed E-state index contributed by atoms with van der Waals surface area (Å²) in [4.78, 5) is 0. The molecule has 2 aromatic heterocycles. The molecule has 0 aromatic carbocycles. The summed E-state index contributed by atoms with van der Waals surface area (Å²) in [5, 5.41) is 10.3. The Kier molecular flexibility index (Phi) is 3.87. The van der Waals surface area contributed by atoms with Gasteiger partial charge >= 0.3 is 0 Å². The third-order valence-electron chi connectivity index (χ3n) is 2.59. The van der Waals surface area contributed by atoms with E-state index in [1.165, 1.54) is 11.5 Å². The molecule has 17 heavy (non-hydrogen) atoms. The number of nitrogens with one attached hydrogen (secondary N) is 1. The molecule has 2 aromatic rings. The van der Waals surface area contributed by atoms with Gasteiger partial charge in [0.25, 0.3) is 0 Å². The Morgan fingerprint density at radius 1 is 1.65 bits per heavy atom. The van der Waals surface area contributed by atoms with Crippen LogP contribution in [0.2, 0.25) is 0 Å². The monoisotopic (exact) mass is 316 g/mol. The quantitative estimate of drug-likeness (QED) is 0.652. The summed E-state index contributed by atoms with van der Waals surface area (Å²) in [7, 11) is 1.92. The smallest absolute Gasteiger partial charge is 0.0942 e. The first kappa shape index (κ1) is 12.6. The molecule has 1 unspecified atom stereocenters. The molecule has 3 N–H and O–H groups in total. The minimum Gasteiger partial charge on any atom is -0.271 e. The predicted molar refractivity (Wildman–Crippen MR) is 69.3 cm³/mol. The van der Waals surface area contributed by atoms with E-state index in [0.29, 0.717) is 6.42 Å². The molecule has 0 amide bonds. The maximum Gasteiger partial charge on any atom is 0.0942 e. The summed E-state index contributed by atoms with van der Waals surface area (Å²) >= 11 is 4.85. The zero-order valence-corrected chi connectivity index (χ0v) is 11.9. The number of hydrogen-bond donors (Lipinski definition) is 2. The van der Waals surface area contributed by atoms with Gasteiger partial charge in [-0.05, 0) is 34.4 Å². The molecule has 1 atom stereocenters. The topological polar surface area (TPSA) is 81.7 Å². The van der Waals surface area contributed by atoms with E-state index in [1.54, 1.807) is 0 Å². The van der Waals surface area contributed by atoms with Crippen molar-refractivity contribution in [2.45, 2.75) is 19.4 Å². The minimum absolute atomic E-state index is 0.0557. The van der Waals surface area contributed by atoms with Crippen molar-refractivity contribution in [2.75, 3.05) is 0 Å². The van der Waals surface area contributed by atoms with E-state index in [-0.39, 0.29) is 6.04 Å². The Balaban J connectivity index is 2.24. The standard InChI is InChI=1S/C9H13BrN6S/c1-5-9(10)8(16(2)14-5)3-6(12-11)7-4-17-15-13-7/h4,6,12H,3,11H2,1-2H3. The highest BCUT2D eigenvalue weighted by Crippen LogP contribution is 2.25. The predicted octanol–water partition coefficient (Wildman–Crippen LogP) is 1.09. The van der Waals surface area contributed by atoms with Crippen molar-refractivity contribution < 1.29 is 0 Å². The summed E-state index contributed by atoms with van der Waals surface area (Å²) < 4.78 is 6.71. The normalized spacial score (nSPS) is 12.9. The van der Waals surface area contributed by atoms with Gasteiger partial charge in [0.15, 0.2) is 0 Å². The van der Waals surface area contributed by atoms with E-state index in [0.717, 1.165) is 21.6 Å². The number of hydrazine groups is 1. The molecule has 0 aliphatic rings. The van der Waals surface area contributed by atoms with E-state index >= 15 is 0 Å². The van der Waals surface area contributed by atoms with Gasteiger partial charge in [-0.15, -0.1) is 5.10 Å². The summed E-state index contributed by atoms with van der Waals surface area (Å²) in [6, 6.07) is -0.0557. The number of aryl methyl sites for hydroxylation is 2. The number of nitrogens with zero attached hydrogens (tertiary/aromatic N) is 4. The van der Waals surface area contributed by atoms with Crippen LogP contribution in [0.3, 0.4) is 0 Å². The third kappa shape index (κ3) is 2.54. The Morgan fingerprint density at radius 3 is 2.88 bits per heavy atom. The van der Waals surface area contributed by atoms with Gasteiger partial charge in [-0.3, -0.25) is 16.0 Å². The van der Waals surface area contributed by atoms with Crippen molar-refractivity contribution >= 4 is 27.5 Å². The number of nitrogens with two attached hydrogens (primary N) is 1. The number of halogens is 1. The van der Waals surface area contributed by atoms with Gasteiger partial charge in [-0.2, -0.15) is 5.10 Å². The first-order valence-electron chi connectivity index (χ1n) is 5.04. The molecule has 6 nitrogen and oxygen atoms in total. The fourth-order valence-corrected chi connectivity index (χ4v) is 2.67. The molecular formula is C9H13BrN6S. The van der Waals surface area contributed by atoms with Crippen LogP contribution in [-0.2, 0) is 13.5 Å². The molecule has 0 saturated heterocycles. The highest BCUT2D eigenvalue weighted by atomic mass is 79.9. The molecule has 92 valence electrons. The largest absolute Gasteiger partial charge is 0.271 e. The molecule has 8 heteroatoms. The van der Waals surface area contributed by atoms with Crippen molar-refractivity contribution in [3.63, 3.8) is 0 Å². The lowest BCUT2D eigenvalue weighted by Gasteiger charge is -2.13. The highest BCUT2D eigenvalue weighted by molar-refractivity contribution is 9.10. The second-order valence-corrected chi connectivity index (χ2v) is 5.13. The lowest BCUT2D eigenvalue weighted by atomic mass is 10.1. The van der Waals surface area contributed by atoms with Crippen LogP contribution in [0.4, 0.5) is 0 Å². The van der Waals surface area contributed by atoms with E-state index in [1.807, 2.05) is 24.0 Å². The van der Waals surface area contributed by atoms with E-state index in [4.69, 9.17) is 5.84 Å². The number of aromatic nitrogens is 4. The highest BCUT2D eigenvalue weighted by Gasteiger charge is 2.19. The van der Waals surface area contributed by atoms with E-state index < -0.39 is 0 Å². The number of hydrogen-bond acceptors (Lipinski definition) is 6. The first-order valence-corrected chi connectivity index (χ1v) is 6.67. The third-order valence-corrected chi connectivity index (χ3v) is 4.15. The molecule has 0 fully saturated rings. The average Bonchev–Trinajstić information content (AvgIpc) is 2.89. The van der Waals surface area contributed by atoms with Crippen molar-refractivity contribution in [1.82, 2.24) is 24.8 Å². The summed E-state index contributed by atoms with van der Waals surface area (Å²) in [5.74, 6) is 5.56. The molecule has 0 aliphatic carbocycles. The zero-order valence-electron chi connectivity index (χ0n) is 9.51. The van der Waals surface area contributed by atoms with Crippen molar-refractivity contribution in [2.24, 2.45) is 12.9 Å². The maximum absolute atomic E-state index is 5.56. The second kappa shape index (κ2) is 5.21. The fraction of sp³-hybridized carbons (Fsp3) is 0.444. The van der Waals surface area contributed by atoms with Gasteiger partial charge in [0.05, 0.1) is 27.6 Å². The second-order valence-electron chi connectivity index (χ2n) is 3.72. The van der Waals surface area contributed by atoms with Crippen LogP contribution >= 0.6 is 27.5 Å². The number of rotatable bonds is 4. The summed E-state index contributed by atoms with van der Waals surface area (Å²) in [5.41, 5.74) is 5.66. The summed E-state index contributed by atoms with van der Waals surface area (Å²) in [6.07, 6.45) is 0.708. The first-order chi connectivity index (χ1) is 8.13. The lowest BCUT2D eigenvalue weighted by molar-refractivity contribution is 0.516. The van der Waals surface area contributed by atoms with Crippen LogP contribution in [0.5, 0.6) is 0 Å². The van der Waals surface area contributed by atoms with Crippen LogP contribution < -0.4 is 11.3 Å². The van der Waals surface area contributed by atoms with Crippen molar-refractivity contribution in [3.05, 3.63) is 26.9 Å². The van der Waals surface area contributed by atoms with Gasteiger partial charge in [0, 0.05) is 18.8 Å². The molecule has 2 heterocycles. The van der Waals surface area contributed by atoms with E-state index in [2.05, 4.69) is 36.0 Å². The minimum atomic E-state index is -0.0557. The molecule has 0 radical (unpaired) electrons. The Morgan fingerprint density at radius 2 is 2.41 bits per heavy atom. The van der Waals surface area contributed by atoms with Crippen LogP contribution in [0.1, 0.15) is 23.1 Å². The fourth-order valence-electron chi connectivity index (χ4n) is 1.67. The zero-order chi connectivity index (χ0) is 12.4. The van der Waals surface area contributed by atoms with Crippen molar-refractivity contribution in [3.8, 4) is 0 Å².